The van der Waals surface area contributed by atoms with Gasteiger partial charge in [0.2, 0.25) is 5.88 Å². The molecular formula is C36H51N5O3. The molecule has 4 atom stereocenters. The molecule has 5 rings (SSSR count). The molecule has 1 saturated heterocycles. The van der Waals surface area contributed by atoms with Crippen molar-refractivity contribution < 1.29 is 14.3 Å². The van der Waals surface area contributed by atoms with Gasteiger partial charge in [-0.25, -0.2) is 19.1 Å². The number of ether oxygens (including phenoxy) is 2. The number of rotatable bonds is 6. The molecule has 4 unspecified atom stereocenters. The third-order valence-electron chi connectivity index (χ3n) is 10.1. The number of benzene rings is 1. The lowest BCUT2D eigenvalue weighted by Gasteiger charge is -2.48. The average Bonchev–Trinajstić information content (AvgIpc) is 3.49. The summed E-state index contributed by atoms with van der Waals surface area (Å²) in [6, 6.07) is 4.34. The zero-order chi connectivity index (χ0) is 31.9. The summed E-state index contributed by atoms with van der Waals surface area (Å²) >= 11 is 0. The summed E-state index contributed by atoms with van der Waals surface area (Å²) in [5.41, 5.74) is 6.64. The Hall–Kier alpha value is -3.31. The number of nitrogens with zero attached hydrogens (tertiary/aromatic N) is 4. The number of morpholine rings is 1. The highest BCUT2D eigenvalue weighted by Gasteiger charge is 2.43. The fourth-order valence-corrected chi connectivity index (χ4v) is 7.80. The van der Waals surface area contributed by atoms with Crippen molar-refractivity contribution in [2.45, 2.75) is 88.0 Å². The van der Waals surface area contributed by atoms with Gasteiger partial charge in [-0.15, -0.1) is 0 Å². The SMILES string of the molecule is [C-]#[N+]c1c(CC2C(CC(C)C)CC(C)CC2C(C)(C)C)c2nc(-c3cc(C)c(C)cc3C)[nH]n2c1OC(=O)N1CCOCC1. The molecule has 2 aromatic heterocycles. The summed E-state index contributed by atoms with van der Waals surface area (Å²) in [4.78, 5) is 24.2. The van der Waals surface area contributed by atoms with E-state index in [0.29, 0.717) is 73.1 Å². The van der Waals surface area contributed by atoms with Gasteiger partial charge in [0.1, 0.15) is 5.65 Å². The largest absolute Gasteiger partial charge is 0.415 e. The normalized spacial score (nSPS) is 22.9. The topological polar surface area (TPSA) is 76.2 Å². The van der Waals surface area contributed by atoms with Crippen molar-refractivity contribution in [2.75, 3.05) is 26.3 Å². The monoisotopic (exact) mass is 601 g/mol. The predicted octanol–water partition coefficient (Wildman–Crippen LogP) is 8.55. The Morgan fingerprint density at radius 1 is 1.14 bits per heavy atom. The first-order valence-electron chi connectivity index (χ1n) is 16.4. The average molecular weight is 602 g/mol. The van der Waals surface area contributed by atoms with Gasteiger partial charge in [-0.3, -0.25) is 5.10 Å². The number of fused-ring (bicyclic) bond motifs is 1. The maximum absolute atomic E-state index is 13.4. The van der Waals surface area contributed by atoms with Gasteiger partial charge in [0.15, 0.2) is 5.82 Å². The third kappa shape index (κ3) is 6.40. The minimum Gasteiger partial charge on any atom is -0.402 e. The van der Waals surface area contributed by atoms with Crippen molar-refractivity contribution in [3.05, 3.63) is 45.8 Å². The van der Waals surface area contributed by atoms with Crippen LogP contribution in [0.2, 0.25) is 0 Å². The molecule has 2 aliphatic rings. The van der Waals surface area contributed by atoms with Crippen molar-refractivity contribution in [3.63, 3.8) is 0 Å². The van der Waals surface area contributed by atoms with E-state index < -0.39 is 6.09 Å². The zero-order valence-corrected chi connectivity index (χ0v) is 28.2. The van der Waals surface area contributed by atoms with Gasteiger partial charge in [0, 0.05) is 24.2 Å². The molecule has 1 aliphatic heterocycles. The number of nitrogens with one attached hydrogen (secondary N) is 1. The summed E-state index contributed by atoms with van der Waals surface area (Å²) in [6.45, 7) is 30.7. The summed E-state index contributed by atoms with van der Waals surface area (Å²) in [5.74, 6) is 3.66. The maximum atomic E-state index is 13.4. The van der Waals surface area contributed by atoms with E-state index in [1.54, 1.807) is 9.42 Å². The first kappa shape index (κ1) is 32.1. The number of aromatic nitrogens is 3. The Morgan fingerprint density at radius 3 is 2.45 bits per heavy atom. The van der Waals surface area contributed by atoms with E-state index in [1.807, 2.05) is 0 Å². The summed E-state index contributed by atoms with van der Waals surface area (Å²) < 4.78 is 13.3. The van der Waals surface area contributed by atoms with Crippen LogP contribution in [0.4, 0.5) is 10.5 Å². The van der Waals surface area contributed by atoms with Gasteiger partial charge in [-0.05, 0) is 104 Å². The Morgan fingerprint density at radius 2 is 1.82 bits per heavy atom. The van der Waals surface area contributed by atoms with Crippen LogP contribution in [0, 0.1) is 62.3 Å². The minimum absolute atomic E-state index is 0.130. The number of carbonyl (C=O) groups excluding carboxylic acids is 1. The fraction of sp³-hybridized carbons (Fsp3) is 0.639. The first-order chi connectivity index (χ1) is 20.8. The molecule has 3 aromatic rings. The van der Waals surface area contributed by atoms with Crippen molar-refractivity contribution in [2.24, 2.45) is 35.0 Å². The Labute approximate surface area is 263 Å². The van der Waals surface area contributed by atoms with Crippen LogP contribution in [0.15, 0.2) is 12.1 Å². The van der Waals surface area contributed by atoms with E-state index in [2.05, 4.69) is 84.4 Å². The Balaban J connectivity index is 1.66. The number of carbonyl (C=O) groups is 1. The van der Waals surface area contributed by atoms with Crippen LogP contribution in [0.25, 0.3) is 21.9 Å². The van der Waals surface area contributed by atoms with Crippen LogP contribution in [-0.2, 0) is 11.2 Å². The van der Waals surface area contributed by atoms with Crippen LogP contribution in [-0.4, -0.2) is 51.9 Å². The highest BCUT2D eigenvalue weighted by atomic mass is 16.6. The molecular weight excluding hydrogens is 550 g/mol. The van der Waals surface area contributed by atoms with E-state index in [1.165, 1.54) is 30.4 Å². The summed E-state index contributed by atoms with van der Waals surface area (Å²) in [5, 5.41) is 3.44. The van der Waals surface area contributed by atoms with Gasteiger partial charge < -0.3 is 14.4 Å². The Bertz CT molecular complexity index is 1540. The van der Waals surface area contributed by atoms with Crippen LogP contribution < -0.4 is 4.74 Å². The van der Waals surface area contributed by atoms with Crippen LogP contribution in [0.1, 0.15) is 83.1 Å². The number of hydrogen-bond donors (Lipinski definition) is 1. The smallest absolute Gasteiger partial charge is 0.402 e. The second-order valence-electron chi connectivity index (χ2n) is 15.0. The molecule has 8 nitrogen and oxygen atoms in total. The molecule has 1 N–H and O–H groups in total. The lowest BCUT2D eigenvalue weighted by Crippen LogP contribution is -2.42. The molecule has 0 bridgehead atoms. The number of H-pyrrole nitrogens is 1. The van der Waals surface area contributed by atoms with E-state index >= 15 is 0 Å². The van der Waals surface area contributed by atoms with E-state index in [-0.39, 0.29) is 11.3 Å². The van der Waals surface area contributed by atoms with Crippen molar-refractivity contribution >= 4 is 17.4 Å². The number of aromatic amines is 1. The van der Waals surface area contributed by atoms with Gasteiger partial charge in [-0.1, -0.05) is 47.6 Å². The highest BCUT2D eigenvalue weighted by Crippen LogP contribution is 2.51. The zero-order valence-electron chi connectivity index (χ0n) is 28.2. The number of aryl methyl sites for hydroxylation is 3. The van der Waals surface area contributed by atoms with E-state index in [4.69, 9.17) is 21.0 Å². The van der Waals surface area contributed by atoms with Gasteiger partial charge in [0.05, 0.1) is 19.8 Å². The lowest BCUT2D eigenvalue weighted by atomic mass is 9.57. The third-order valence-corrected chi connectivity index (χ3v) is 10.1. The second-order valence-corrected chi connectivity index (χ2v) is 15.0. The molecule has 44 heavy (non-hydrogen) atoms. The molecule has 0 spiro atoms. The van der Waals surface area contributed by atoms with Gasteiger partial charge >= 0.3 is 6.09 Å². The molecule has 0 radical (unpaired) electrons. The molecule has 8 heteroatoms. The van der Waals surface area contributed by atoms with Crippen LogP contribution in [0.3, 0.4) is 0 Å². The highest BCUT2D eigenvalue weighted by molar-refractivity contribution is 5.80. The quantitative estimate of drug-likeness (QED) is 0.287. The van der Waals surface area contributed by atoms with Gasteiger partial charge in [-0.2, -0.15) is 0 Å². The van der Waals surface area contributed by atoms with E-state index in [9.17, 15) is 4.79 Å². The number of hydrogen-bond acceptors (Lipinski definition) is 4. The van der Waals surface area contributed by atoms with E-state index in [0.717, 1.165) is 23.1 Å². The summed E-state index contributed by atoms with van der Waals surface area (Å²) in [6.07, 6.45) is 3.82. The lowest BCUT2D eigenvalue weighted by molar-refractivity contribution is 0.0259. The standard InChI is InChI=1S/C36H51N5O3/c1-21(2)15-26-16-22(3)17-30(36(7,8)9)28(26)20-29-31(37-10)34(44-35(42)40-11-13-43-14-12-40)41-33(29)38-32(39-41)27-19-24(5)23(4)18-25(27)6/h18-19,21-22,26,28,30H,11-17,20H2,1-9H3,(H,38,39). The van der Waals surface area contributed by atoms with Gasteiger partial charge in [0.25, 0.3) is 5.69 Å². The van der Waals surface area contributed by atoms with Crippen LogP contribution in [0.5, 0.6) is 5.88 Å². The maximum Gasteiger partial charge on any atom is 0.415 e. The predicted molar refractivity (Wildman–Crippen MR) is 175 cm³/mol. The second kappa shape index (κ2) is 12.6. The van der Waals surface area contributed by atoms with Crippen LogP contribution >= 0.6 is 0 Å². The molecule has 1 aliphatic carbocycles. The van der Waals surface area contributed by atoms with Crippen molar-refractivity contribution in [1.29, 1.82) is 0 Å². The molecule has 238 valence electrons. The Kier molecular flexibility index (Phi) is 9.18. The molecule has 1 saturated carbocycles. The summed E-state index contributed by atoms with van der Waals surface area (Å²) in [7, 11) is 0. The number of amides is 1. The van der Waals surface area contributed by atoms with Crippen molar-refractivity contribution in [1.82, 2.24) is 19.5 Å². The molecule has 3 heterocycles. The van der Waals surface area contributed by atoms with Crippen molar-refractivity contribution in [3.8, 4) is 17.3 Å². The molecule has 2 fully saturated rings. The minimum atomic E-state index is -0.459. The first-order valence-corrected chi connectivity index (χ1v) is 16.4. The molecule has 1 aromatic carbocycles. The fourth-order valence-electron chi connectivity index (χ4n) is 7.80. The molecule has 1 amide bonds.